The molecular formula is C27H39FN2O2. The maximum atomic E-state index is 14.4. The Morgan fingerprint density at radius 2 is 1.53 bits per heavy atom. The molecule has 0 spiro atoms. The molecule has 5 heteroatoms. The van der Waals surface area contributed by atoms with Crippen molar-refractivity contribution >= 4 is 5.97 Å². The van der Waals surface area contributed by atoms with Crippen molar-refractivity contribution in [3.8, 4) is 17.1 Å². The third-order valence-corrected chi connectivity index (χ3v) is 5.94. The van der Waals surface area contributed by atoms with Gasteiger partial charge in [0, 0.05) is 18.0 Å². The second kappa shape index (κ2) is 14.7. The van der Waals surface area contributed by atoms with Crippen LogP contribution in [-0.4, -0.2) is 15.9 Å². The summed E-state index contributed by atoms with van der Waals surface area (Å²) in [6, 6.07) is 4.46. The summed E-state index contributed by atoms with van der Waals surface area (Å²) in [6.07, 6.45) is 18.4. The second-order valence-electron chi connectivity index (χ2n) is 8.72. The van der Waals surface area contributed by atoms with Crippen LogP contribution in [0.4, 0.5) is 4.39 Å². The van der Waals surface area contributed by atoms with Crippen molar-refractivity contribution in [1.82, 2.24) is 9.97 Å². The van der Waals surface area contributed by atoms with Crippen molar-refractivity contribution in [3.63, 3.8) is 0 Å². The molecule has 4 nitrogen and oxygen atoms in total. The zero-order valence-corrected chi connectivity index (χ0v) is 20.0. The first-order chi connectivity index (χ1) is 15.5. The summed E-state index contributed by atoms with van der Waals surface area (Å²) in [6.45, 7) is 5.91. The molecule has 1 aromatic carbocycles. The lowest BCUT2D eigenvalue weighted by Gasteiger charge is -2.10. The van der Waals surface area contributed by atoms with Crippen LogP contribution >= 0.6 is 0 Å². The normalized spacial score (nSPS) is 12.0. The molecule has 2 rings (SSSR count). The molecule has 0 aliphatic heterocycles. The van der Waals surface area contributed by atoms with Gasteiger partial charge in [0.2, 0.25) is 0 Å². The van der Waals surface area contributed by atoms with Crippen LogP contribution in [0.3, 0.4) is 0 Å². The van der Waals surface area contributed by atoms with Gasteiger partial charge in [0.1, 0.15) is 0 Å². The number of aromatic nitrogens is 2. The lowest BCUT2D eigenvalue weighted by Crippen LogP contribution is -2.17. The number of nitrogens with zero attached hydrogens (tertiary/aromatic N) is 2. The average molecular weight is 443 g/mol. The van der Waals surface area contributed by atoms with E-state index < -0.39 is 11.8 Å². The van der Waals surface area contributed by atoms with Crippen LogP contribution in [0.1, 0.15) is 97.0 Å². The first-order valence-electron chi connectivity index (χ1n) is 12.4. The summed E-state index contributed by atoms with van der Waals surface area (Å²) in [7, 11) is 0. The van der Waals surface area contributed by atoms with E-state index in [0.717, 1.165) is 18.4 Å². The van der Waals surface area contributed by atoms with E-state index in [2.05, 4.69) is 16.9 Å². The van der Waals surface area contributed by atoms with Crippen LogP contribution in [0, 0.1) is 11.7 Å². The van der Waals surface area contributed by atoms with Crippen LogP contribution in [-0.2, 0) is 11.2 Å². The highest BCUT2D eigenvalue weighted by Gasteiger charge is 2.16. The minimum atomic E-state index is -0.586. The number of ether oxygens (including phenoxy) is 1. The van der Waals surface area contributed by atoms with Crippen molar-refractivity contribution < 1.29 is 13.9 Å². The molecule has 1 atom stereocenters. The fourth-order valence-corrected chi connectivity index (χ4v) is 3.55. The van der Waals surface area contributed by atoms with Gasteiger partial charge in [0.15, 0.2) is 17.4 Å². The van der Waals surface area contributed by atoms with Crippen LogP contribution < -0.4 is 4.74 Å². The molecule has 1 aromatic heterocycles. The highest BCUT2D eigenvalue weighted by molar-refractivity contribution is 5.75. The van der Waals surface area contributed by atoms with Crippen molar-refractivity contribution in [3.05, 3.63) is 42.0 Å². The van der Waals surface area contributed by atoms with Crippen LogP contribution in [0.15, 0.2) is 30.6 Å². The number of aryl methyl sites for hydroxylation is 1. The molecular weight excluding hydrogens is 403 g/mol. The van der Waals surface area contributed by atoms with Crippen LogP contribution in [0.2, 0.25) is 0 Å². The molecule has 0 saturated carbocycles. The van der Waals surface area contributed by atoms with Gasteiger partial charge in [-0.3, -0.25) is 4.79 Å². The molecule has 0 saturated heterocycles. The number of carbonyl (C=O) groups excluding carboxylic acids is 1. The number of carbonyl (C=O) groups is 1. The van der Waals surface area contributed by atoms with Gasteiger partial charge in [-0.05, 0) is 43.0 Å². The number of esters is 1. The SMILES string of the molecule is CCCCCCCCCCCCc1cnc(-c2ccc(OC(=O)C(C)CC)c(F)c2)nc1. The summed E-state index contributed by atoms with van der Waals surface area (Å²) in [5.74, 6) is -0.864. The fraction of sp³-hybridized carbons (Fsp3) is 0.593. The molecule has 0 bridgehead atoms. The molecule has 32 heavy (non-hydrogen) atoms. The van der Waals surface area contributed by atoms with Crippen molar-refractivity contribution in [1.29, 1.82) is 0 Å². The molecule has 1 unspecified atom stereocenters. The monoisotopic (exact) mass is 442 g/mol. The summed E-state index contributed by atoms with van der Waals surface area (Å²) >= 11 is 0. The zero-order chi connectivity index (χ0) is 23.2. The van der Waals surface area contributed by atoms with Crippen LogP contribution in [0.5, 0.6) is 5.75 Å². The van der Waals surface area contributed by atoms with Gasteiger partial charge in [-0.1, -0.05) is 78.6 Å². The molecule has 0 aliphatic rings. The molecule has 1 heterocycles. The Labute approximate surface area is 193 Å². The Bertz CT molecular complexity index is 808. The van der Waals surface area contributed by atoms with E-state index in [0.29, 0.717) is 17.8 Å². The summed E-state index contributed by atoms with van der Waals surface area (Å²) in [5, 5.41) is 0. The van der Waals surface area contributed by atoms with Gasteiger partial charge in [0.05, 0.1) is 5.92 Å². The molecule has 0 N–H and O–H groups in total. The third kappa shape index (κ3) is 9.05. The van der Waals surface area contributed by atoms with Gasteiger partial charge in [0.25, 0.3) is 0 Å². The van der Waals surface area contributed by atoms with E-state index >= 15 is 0 Å². The zero-order valence-electron chi connectivity index (χ0n) is 20.0. The Kier molecular flexibility index (Phi) is 11.9. The molecule has 176 valence electrons. The number of hydrogen-bond acceptors (Lipinski definition) is 4. The number of benzene rings is 1. The molecule has 0 aliphatic carbocycles. The fourth-order valence-electron chi connectivity index (χ4n) is 3.55. The van der Waals surface area contributed by atoms with Gasteiger partial charge in [-0.2, -0.15) is 0 Å². The average Bonchev–Trinajstić information content (AvgIpc) is 2.81. The maximum Gasteiger partial charge on any atom is 0.314 e. The lowest BCUT2D eigenvalue weighted by molar-refractivity contribution is -0.138. The standard InChI is InChI=1S/C27H39FN2O2/c1-4-6-7-8-9-10-11-12-13-14-15-22-19-29-26(30-20-22)23-16-17-25(24(28)18-23)32-27(31)21(3)5-2/h16-21H,4-15H2,1-3H3. The maximum absolute atomic E-state index is 14.4. The Balaban J connectivity index is 1.74. The van der Waals surface area contributed by atoms with Gasteiger partial charge < -0.3 is 4.74 Å². The van der Waals surface area contributed by atoms with E-state index in [1.165, 1.54) is 69.9 Å². The number of hydrogen-bond donors (Lipinski definition) is 0. The predicted octanol–water partition coefficient (Wildman–Crippen LogP) is 7.70. The largest absolute Gasteiger partial charge is 0.423 e. The number of rotatable bonds is 15. The summed E-state index contributed by atoms with van der Waals surface area (Å²) < 4.78 is 19.5. The van der Waals surface area contributed by atoms with Crippen molar-refractivity contribution in [2.24, 2.45) is 5.92 Å². The molecule has 0 fully saturated rings. The van der Waals surface area contributed by atoms with E-state index in [1.807, 2.05) is 19.3 Å². The van der Waals surface area contributed by atoms with E-state index in [1.54, 1.807) is 13.0 Å². The highest BCUT2D eigenvalue weighted by Crippen LogP contribution is 2.24. The minimum Gasteiger partial charge on any atom is -0.423 e. The van der Waals surface area contributed by atoms with Gasteiger partial charge >= 0.3 is 5.97 Å². The Morgan fingerprint density at radius 1 is 0.938 bits per heavy atom. The highest BCUT2D eigenvalue weighted by atomic mass is 19.1. The lowest BCUT2D eigenvalue weighted by atomic mass is 10.0. The number of unbranched alkanes of at least 4 members (excludes halogenated alkanes) is 9. The topological polar surface area (TPSA) is 52.1 Å². The van der Waals surface area contributed by atoms with E-state index in [4.69, 9.17) is 4.74 Å². The summed E-state index contributed by atoms with van der Waals surface area (Å²) in [4.78, 5) is 20.7. The molecule has 2 aromatic rings. The minimum absolute atomic E-state index is 0.0587. The van der Waals surface area contributed by atoms with Crippen LogP contribution in [0.25, 0.3) is 11.4 Å². The first-order valence-corrected chi connectivity index (χ1v) is 12.4. The predicted molar refractivity (Wildman–Crippen MR) is 128 cm³/mol. The van der Waals surface area contributed by atoms with E-state index in [9.17, 15) is 9.18 Å². The van der Waals surface area contributed by atoms with E-state index in [-0.39, 0.29) is 11.7 Å². The number of halogens is 1. The van der Waals surface area contributed by atoms with Gasteiger partial charge in [-0.15, -0.1) is 0 Å². The Morgan fingerprint density at radius 3 is 2.09 bits per heavy atom. The first kappa shape index (κ1) is 26.0. The Hall–Kier alpha value is -2.30. The van der Waals surface area contributed by atoms with Crippen molar-refractivity contribution in [2.75, 3.05) is 0 Å². The quantitative estimate of drug-likeness (QED) is 0.161. The molecule has 0 amide bonds. The smallest absolute Gasteiger partial charge is 0.314 e. The molecule has 0 radical (unpaired) electrons. The third-order valence-electron chi connectivity index (χ3n) is 5.94. The van der Waals surface area contributed by atoms with Gasteiger partial charge in [-0.25, -0.2) is 14.4 Å². The second-order valence-corrected chi connectivity index (χ2v) is 8.72. The summed E-state index contributed by atoms with van der Waals surface area (Å²) in [5.41, 5.74) is 1.67. The van der Waals surface area contributed by atoms with Crippen molar-refractivity contribution in [2.45, 2.75) is 97.8 Å².